The van der Waals surface area contributed by atoms with Gasteiger partial charge < -0.3 is 10.6 Å². The van der Waals surface area contributed by atoms with Gasteiger partial charge in [0.15, 0.2) is 0 Å². The first kappa shape index (κ1) is 16.7. The van der Waals surface area contributed by atoms with Crippen LogP contribution < -0.4 is 10.6 Å². The lowest BCUT2D eigenvalue weighted by atomic mass is 10.1. The van der Waals surface area contributed by atoms with Crippen LogP contribution in [0.1, 0.15) is 26.3 Å². The molecule has 2 N–H and O–H groups in total. The number of nitrogens with zero attached hydrogens (tertiary/aromatic N) is 1. The van der Waals surface area contributed by atoms with E-state index in [0.717, 1.165) is 28.8 Å². The zero-order valence-electron chi connectivity index (χ0n) is 14.2. The maximum atomic E-state index is 6.04. The van der Waals surface area contributed by atoms with Gasteiger partial charge in [-0.3, -0.25) is 4.98 Å². The molecule has 1 aromatic heterocycles. The molecule has 0 spiro atoms. The van der Waals surface area contributed by atoms with Crippen LogP contribution in [0.4, 0.5) is 11.4 Å². The van der Waals surface area contributed by atoms with Crippen LogP contribution in [0, 0.1) is 0 Å². The number of fused-ring (bicyclic) bond motifs is 1. The Hall–Kier alpha value is -2.10. The van der Waals surface area contributed by atoms with Crippen LogP contribution >= 0.6 is 11.6 Å². The average molecular weight is 340 g/mol. The lowest BCUT2D eigenvalue weighted by molar-refractivity contribution is 0.424. The SMILES string of the molecule is CC(C)(C)NCc1ccc(Nc2ccnc3cc(Cl)ccc23)cc1. The van der Waals surface area contributed by atoms with Crippen LogP contribution in [0.25, 0.3) is 10.9 Å². The lowest BCUT2D eigenvalue weighted by Gasteiger charge is -2.20. The van der Waals surface area contributed by atoms with Gasteiger partial charge in [-0.15, -0.1) is 0 Å². The van der Waals surface area contributed by atoms with Gasteiger partial charge in [-0.2, -0.15) is 0 Å². The summed E-state index contributed by atoms with van der Waals surface area (Å²) in [5.74, 6) is 0. The average Bonchev–Trinajstić information content (AvgIpc) is 2.53. The summed E-state index contributed by atoms with van der Waals surface area (Å²) < 4.78 is 0. The van der Waals surface area contributed by atoms with Crippen molar-refractivity contribution >= 4 is 33.9 Å². The van der Waals surface area contributed by atoms with Crippen molar-refractivity contribution in [3.63, 3.8) is 0 Å². The molecule has 0 radical (unpaired) electrons. The summed E-state index contributed by atoms with van der Waals surface area (Å²) in [7, 11) is 0. The van der Waals surface area contributed by atoms with E-state index in [1.54, 1.807) is 6.20 Å². The fourth-order valence-electron chi connectivity index (χ4n) is 2.46. The maximum Gasteiger partial charge on any atom is 0.0737 e. The molecule has 2 aromatic carbocycles. The van der Waals surface area contributed by atoms with E-state index >= 15 is 0 Å². The van der Waals surface area contributed by atoms with Gasteiger partial charge in [-0.25, -0.2) is 0 Å². The van der Waals surface area contributed by atoms with E-state index in [1.165, 1.54) is 5.56 Å². The first-order valence-corrected chi connectivity index (χ1v) is 8.44. The van der Waals surface area contributed by atoms with E-state index in [4.69, 9.17) is 11.6 Å². The third kappa shape index (κ3) is 4.25. The first-order chi connectivity index (χ1) is 11.4. The summed E-state index contributed by atoms with van der Waals surface area (Å²) in [6.45, 7) is 7.37. The Bertz CT molecular complexity index is 836. The maximum absolute atomic E-state index is 6.04. The summed E-state index contributed by atoms with van der Waals surface area (Å²) in [4.78, 5) is 4.37. The van der Waals surface area contributed by atoms with E-state index in [2.05, 4.69) is 60.7 Å². The van der Waals surface area contributed by atoms with Crippen molar-refractivity contribution in [1.82, 2.24) is 10.3 Å². The van der Waals surface area contributed by atoms with Crippen molar-refractivity contribution in [2.75, 3.05) is 5.32 Å². The molecule has 3 rings (SSSR count). The first-order valence-electron chi connectivity index (χ1n) is 8.06. The number of hydrogen-bond donors (Lipinski definition) is 2. The highest BCUT2D eigenvalue weighted by atomic mass is 35.5. The van der Waals surface area contributed by atoms with E-state index in [0.29, 0.717) is 5.02 Å². The molecule has 0 saturated carbocycles. The summed E-state index contributed by atoms with van der Waals surface area (Å²) in [5, 5.41) is 8.71. The van der Waals surface area contributed by atoms with Crippen LogP contribution in [-0.4, -0.2) is 10.5 Å². The van der Waals surface area contributed by atoms with Gasteiger partial charge >= 0.3 is 0 Å². The van der Waals surface area contributed by atoms with Crippen molar-refractivity contribution in [3.8, 4) is 0 Å². The summed E-state index contributed by atoms with van der Waals surface area (Å²) in [6.07, 6.45) is 1.79. The number of hydrogen-bond acceptors (Lipinski definition) is 3. The van der Waals surface area contributed by atoms with Crippen molar-refractivity contribution in [2.24, 2.45) is 0 Å². The van der Waals surface area contributed by atoms with Crippen LogP contribution in [0.15, 0.2) is 54.7 Å². The van der Waals surface area contributed by atoms with Gasteiger partial charge in [0.25, 0.3) is 0 Å². The molecule has 0 unspecified atom stereocenters. The Morgan fingerprint density at radius 3 is 2.46 bits per heavy atom. The number of benzene rings is 2. The lowest BCUT2D eigenvalue weighted by Crippen LogP contribution is -2.35. The number of nitrogens with one attached hydrogen (secondary N) is 2. The van der Waals surface area contributed by atoms with Crippen LogP contribution in [0.5, 0.6) is 0 Å². The molecule has 1 heterocycles. The minimum absolute atomic E-state index is 0.119. The Morgan fingerprint density at radius 2 is 1.75 bits per heavy atom. The summed E-state index contributed by atoms with van der Waals surface area (Å²) in [5.41, 5.74) is 4.35. The minimum Gasteiger partial charge on any atom is -0.355 e. The Balaban J connectivity index is 1.77. The number of pyridine rings is 1. The Labute approximate surface area is 148 Å². The molecule has 0 amide bonds. The molecule has 0 aliphatic heterocycles. The zero-order valence-corrected chi connectivity index (χ0v) is 15.0. The van der Waals surface area contributed by atoms with Gasteiger partial charge in [-0.1, -0.05) is 23.7 Å². The summed E-state index contributed by atoms with van der Waals surface area (Å²) >= 11 is 6.04. The molecule has 0 bridgehead atoms. The second kappa shape index (κ2) is 6.80. The number of anilines is 2. The molecular formula is C20H22ClN3. The molecule has 0 aliphatic rings. The van der Waals surface area contributed by atoms with Gasteiger partial charge in [0.2, 0.25) is 0 Å². The number of halogens is 1. The highest BCUT2D eigenvalue weighted by Gasteiger charge is 2.08. The second-order valence-corrected chi connectivity index (χ2v) is 7.38. The normalized spacial score (nSPS) is 11.7. The topological polar surface area (TPSA) is 37.0 Å². The van der Waals surface area contributed by atoms with Gasteiger partial charge in [-0.05, 0) is 62.7 Å². The molecule has 24 heavy (non-hydrogen) atoms. The van der Waals surface area contributed by atoms with Crippen molar-refractivity contribution in [1.29, 1.82) is 0 Å². The number of rotatable bonds is 4. The molecule has 124 valence electrons. The highest BCUT2D eigenvalue weighted by molar-refractivity contribution is 6.31. The van der Waals surface area contributed by atoms with E-state index < -0.39 is 0 Å². The van der Waals surface area contributed by atoms with Crippen molar-refractivity contribution < 1.29 is 0 Å². The number of aromatic nitrogens is 1. The molecular weight excluding hydrogens is 318 g/mol. The molecule has 0 aliphatic carbocycles. The van der Waals surface area contributed by atoms with Crippen molar-refractivity contribution in [2.45, 2.75) is 32.9 Å². The second-order valence-electron chi connectivity index (χ2n) is 6.95. The van der Waals surface area contributed by atoms with Crippen LogP contribution in [0.2, 0.25) is 5.02 Å². The van der Waals surface area contributed by atoms with Gasteiger partial charge in [0.05, 0.1) is 5.52 Å². The predicted octanol–water partition coefficient (Wildman–Crippen LogP) is 5.52. The fraction of sp³-hybridized carbons (Fsp3) is 0.250. The molecule has 3 nitrogen and oxygen atoms in total. The Kier molecular flexibility index (Phi) is 4.74. The highest BCUT2D eigenvalue weighted by Crippen LogP contribution is 2.27. The molecule has 0 fully saturated rings. The standard InChI is InChI=1S/C20H22ClN3/c1-20(2,3)23-13-14-4-7-16(8-5-14)24-18-10-11-22-19-12-15(21)6-9-17(18)19/h4-12,23H,13H2,1-3H3,(H,22,24). The third-order valence-electron chi connectivity index (χ3n) is 3.76. The molecule has 0 saturated heterocycles. The minimum atomic E-state index is 0.119. The largest absolute Gasteiger partial charge is 0.355 e. The van der Waals surface area contributed by atoms with E-state index in [1.807, 2.05) is 24.3 Å². The van der Waals surface area contributed by atoms with Crippen LogP contribution in [-0.2, 0) is 6.54 Å². The molecule has 0 atom stereocenters. The third-order valence-corrected chi connectivity index (χ3v) is 4.00. The fourth-order valence-corrected chi connectivity index (χ4v) is 2.63. The quantitative estimate of drug-likeness (QED) is 0.657. The van der Waals surface area contributed by atoms with E-state index in [9.17, 15) is 0 Å². The monoisotopic (exact) mass is 339 g/mol. The predicted molar refractivity (Wildman–Crippen MR) is 103 cm³/mol. The smallest absolute Gasteiger partial charge is 0.0737 e. The molecule has 3 aromatic rings. The summed E-state index contributed by atoms with van der Waals surface area (Å²) in [6, 6.07) is 16.2. The van der Waals surface area contributed by atoms with Crippen LogP contribution in [0.3, 0.4) is 0 Å². The Morgan fingerprint density at radius 1 is 1.00 bits per heavy atom. The molecule has 4 heteroatoms. The zero-order chi connectivity index (χ0) is 17.2. The van der Waals surface area contributed by atoms with E-state index in [-0.39, 0.29) is 5.54 Å². The van der Waals surface area contributed by atoms with Gasteiger partial charge in [0.1, 0.15) is 0 Å². The van der Waals surface area contributed by atoms with Crippen molar-refractivity contribution in [3.05, 3.63) is 65.3 Å². The van der Waals surface area contributed by atoms with Gasteiger partial charge in [0, 0.05) is 40.1 Å².